The zero-order valence-electron chi connectivity index (χ0n) is 10.5. The van der Waals surface area contributed by atoms with Crippen molar-refractivity contribution in [2.75, 3.05) is 5.73 Å². The summed E-state index contributed by atoms with van der Waals surface area (Å²) < 4.78 is 0. The SMILES string of the molecule is Cc1ccncc1CNC(=O)c1ccc(N)c(Cl)c1. The van der Waals surface area contributed by atoms with E-state index >= 15 is 0 Å². The number of aryl methyl sites for hydroxylation is 1. The van der Waals surface area contributed by atoms with Gasteiger partial charge in [-0.3, -0.25) is 9.78 Å². The van der Waals surface area contributed by atoms with Gasteiger partial charge in [-0.15, -0.1) is 0 Å². The van der Waals surface area contributed by atoms with Crippen LogP contribution in [0.5, 0.6) is 0 Å². The number of hydrogen-bond acceptors (Lipinski definition) is 3. The molecule has 0 unspecified atom stereocenters. The lowest BCUT2D eigenvalue weighted by Gasteiger charge is -2.08. The molecule has 1 aromatic heterocycles. The van der Waals surface area contributed by atoms with Crippen molar-refractivity contribution in [1.82, 2.24) is 10.3 Å². The number of halogens is 1. The topological polar surface area (TPSA) is 68.0 Å². The maximum absolute atomic E-state index is 12.0. The maximum Gasteiger partial charge on any atom is 0.251 e. The van der Waals surface area contributed by atoms with Crippen LogP contribution in [0.4, 0.5) is 5.69 Å². The average molecular weight is 276 g/mol. The van der Waals surface area contributed by atoms with Gasteiger partial charge in [-0.05, 0) is 42.3 Å². The molecule has 0 fully saturated rings. The number of amides is 1. The van der Waals surface area contributed by atoms with Crippen LogP contribution in [0.3, 0.4) is 0 Å². The fraction of sp³-hybridized carbons (Fsp3) is 0.143. The van der Waals surface area contributed by atoms with Gasteiger partial charge in [0.15, 0.2) is 0 Å². The van der Waals surface area contributed by atoms with Crippen LogP contribution in [0.25, 0.3) is 0 Å². The number of carbonyl (C=O) groups is 1. The van der Waals surface area contributed by atoms with Crippen LogP contribution in [0.2, 0.25) is 5.02 Å². The summed E-state index contributed by atoms with van der Waals surface area (Å²) in [5.41, 5.74) is 8.62. The molecule has 1 aromatic carbocycles. The summed E-state index contributed by atoms with van der Waals surface area (Å²) in [5, 5.41) is 3.20. The predicted molar refractivity (Wildman–Crippen MR) is 76.0 cm³/mol. The van der Waals surface area contributed by atoms with E-state index in [4.69, 9.17) is 17.3 Å². The van der Waals surface area contributed by atoms with Crippen LogP contribution in [-0.4, -0.2) is 10.9 Å². The van der Waals surface area contributed by atoms with Gasteiger partial charge in [-0.25, -0.2) is 0 Å². The molecule has 19 heavy (non-hydrogen) atoms. The molecule has 1 heterocycles. The van der Waals surface area contributed by atoms with Gasteiger partial charge in [0.25, 0.3) is 5.91 Å². The highest BCUT2D eigenvalue weighted by atomic mass is 35.5. The van der Waals surface area contributed by atoms with Crippen molar-refractivity contribution < 1.29 is 4.79 Å². The summed E-state index contributed by atoms with van der Waals surface area (Å²) >= 11 is 5.89. The summed E-state index contributed by atoms with van der Waals surface area (Å²) in [6, 6.07) is 6.73. The van der Waals surface area contributed by atoms with E-state index in [1.165, 1.54) is 0 Å². The molecule has 0 radical (unpaired) electrons. The van der Waals surface area contributed by atoms with Crippen molar-refractivity contribution in [2.24, 2.45) is 0 Å². The Morgan fingerprint density at radius 2 is 2.21 bits per heavy atom. The van der Waals surface area contributed by atoms with Crippen molar-refractivity contribution in [1.29, 1.82) is 0 Å². The predicted octanol–water partition coefficient (Wildman–Crippen LogP) is 2.56. The Hall–Kier alpha value is -2.07. The zero-order chi connectivity index (χ0) is 13.8. The minimum absolute atomic E-state index is 0.190. The van der Waals surface area contributed by atoms with Crippen LogP contribution in [-0.2, 0) is 6.54 Å². The van der Waals surface area contributed by atoms with Crippen LogP contribution in [0.15, 0.2) is 36.7 Å². The number of aromatic nitrogens is 1. The molecule has 0 spiro atoms. The highest BCUT2D eigenvalue weighted by Crippen LogP contribution is 2.19. The standard InChI is InChI=1S/C14H14ClN3O/c1-9-4-5-17-7-11(9)8-18-14(19)10-2-3-13(16)12(15)6-10/h2-7H,8,16H2,1H3,(H,18,19). The Balaban J connectivity index is 2.05. The van der Waals surface area contributed by atoms with Gasteiger partial charge in [-0.2, -0.15) is 0 Å². The summed E-state index contributed by atoms with van der Waals surface area (Å²) in [6.07, 6.45) is 3.46. The van der Waals surface area contributed by atoms with Gasteiger partial charge in [0.1, 0.15) is 0 Å². The maximum atomic E-state index is 12.0. The van der Waals surface area contributed by atoms with Crippen LogP contribution < -0.4 is 11.1 Å². The summed E-state index contributed by atoms with van der Waals surface area (Å²) in [5.74, 6) is -0.190. The molecular weight excluding hydrogens is 262 g/mol. The van der Waals surface area contributed by atoms with E-state index < -0.39 is 0 Å². The van der Waals surface area contributed by atoms with Gasteiger partial charge in [0.2, 0.25) is 0 Å². The molecular formula is C14H14ClN3O. The van der Waals surface area contributed by atoms with Crippen LogP contribution in [0, 0.1) is 6.92 Å². The lowest BCUT2D eigenvalue weighted by molar-refractivity contribution is 0.0951. The van der Waals surface area contributed by atoms with Gasteiger partial charge in [-0.1, -0.05) is 11.6 Å². The number of hydrogen-bond donors (Lipinski definition) is 2. The van der Waals surface area contributed by atoms with Crippen molar-refractivity contribution in [3.8, 4) is 0 Å². The molecule has 0 atom stereocenters. The second-order valence-electron chi connectivity index (χ2n) is 4.22. The van der Waals surface area contributed by atoms with E-state index in [0.29, 0.717) is 22.8 Å². The molecule has 0 aliphatic heterocycles. The molecule has 2 rings (SSSR count). The van der Waals surface area contributed by atoms with Crippen LogP contribution >= 0.6 is 11.6 Å². The van der Waals surface area contributed by atoms with E-state index in [2.05, 4.69) is 10.3 Å². The second-order valence-corrected chi connectivity index (χ2v) is 4.63. The third-order valence-corrected chi connectivity index (χ3v) is 3.18. The average Bonchev–Trinajstić information content (AvgIpc) is 2.40. The highest BCUT2D eigenvalue weighted by Gasteiger charge is 2.08. The lowest BCUT2D eigenvalue weighted by Crippen LogP contribution is -2.23. The van der Waals surface area contributed by atoms with Gasteiger partial charge < -0.3 is 11.1 Å². The van der Waals surface area contributed by atoms with E-state index in [-0.39, 0.29) is 5.91 Å². The molecule has 0 bridgehead atoms. The van der Waals surface area contributed by atoms with Crippen molar-refractivity contribution in [2.45, 2.75) is 13.5 Å². The monoisotopic (exact) mass is 275 g/mol. The number of nitrogens with zero attached hydrogens (tertiary/aromatic N) is 1. The molecule has 3 N–H and O–H groups in total. The first kappa shape index (κ1) is 13.4. The largest absolute Gasteiger partial charge is 0.398 e. The first-order chi connectivity index (χ1) is 9.08. The minimum Gasteiger partial charge on any atom is -0.398 e. The highest BCUT2D eigenvalue weighted by molar-refractivity contribution is 6.33. The summed E-state index contributed by atoms with van der Waals surface area (Å²) in [6.45, 7) is 2.41. The number of nitrogens with one attached hydrogen (secondary N) is 1. The minimum atomic E-state index is -0.190. The molecule has 2 aromatic rings. The third kappa shape index (κ3) is 3.23. The Kier molecular flexibility index (Phi) is 4.02. The molecule has 0 aliphatic carbocycles. The molecule has 5 heteroatoms. The number of nitrogens with two attached hydrogens (primary N) is 1. The van der Waals surface area contributed by atoms with E-state index in [1.807, 2.05) is 13.0 Å². The van der Waals surface area contributed by atoms with Crippen molar-refractivity contribution in [3.05, 3.63) is 58.4 Å². The Bertz CT molecular complexity index is 613. The van der Waals surface area contributed by atoms with E-state index in [0.717, 1.165) is 11.1 Å². The van der Waals surface area contributed by atoms with Crippen molar-refractivity contribution in [3.63, 3.8) is 0 Å². The molecule has 98 valence electrons. The fourth-order valence-corrected chi connectivity index (χ4v) is 1.81. The summed E-state index contributed by atoms with van der Waals surface area (Å²) in [4.78, 5) is 16.0. The van der Waals surface area contributed by atoms with E-state index in [9.17, 15) is 4.79 Å². The first-order valence-corrected chi connectivity index (χ1v) is 6.18. The van der Waals surface area contributed by atoms with Gasteiger partial charge in [0.05, 0.1) is 10.7 Å². The quantitative estimate of drug-likeness (QED) is 0.846. The fourth-order valence-electron chi connectivity index (χ4n) is 1.63. The number of benzene rings is 1. The Morgan fingerprint density at radius 3 is 2.89 bits per heavy atom. The zero-order valence-corrected chi connectivity index (χ0v) is 11.2. The Labute approximate surface area is 116 Å². The van der Waals surface area contributed by atoms with Gasteiger partial charge >= 0.3 is 0 Å². The number of carbonyl (C=O) groups excluding carboxylic acids is 1. The van der Waals surface area contributed by atoms with Gasteiger partial charge in [0, 0.05) is 24.5 Å². The number of pyridine rings is 1. The molecule has 1 amide bonds. The summed E-state index contributed by atoms with van der Waals surface area (Å²) in [7, 11) is 0. The molecule has 4 nitrogen and oxygen atoms in total. The first-order valence-electron chi connectivity index (χ1n) is 5.80. The number of rotatable bonds is 3. The van der Waals surface area contributed by atoms with E-state index in [1.54, 1.807) is 30.6 Å². The molecule has 0 saturated carbocycles. The lowest BCUT2D eigenvalue weighted by atomic mass is 10.1. The Morgan fingerprint density at radius 1 is 1.42 bits per heavy atom. The number of nitrogen functional groups attached to an aromatic ring is 1. The number of anilines is 1. The third-order valence-electron chi connectivity index (χ3n) is 2.85. The van der Waals surface area contributed by atoms with Crippen LogP contribution in [0.1, 0.15) is 21.5 Å². The second kappa shape index (κ2) is 5.71. The molecule has 0 aliphatic rings. The van der Waals surface area contributed by atoms with Crippen molar-refractivity contribution >= 4 is 23.2 Å². The smallest absolute Gasteiger partial charge is 0.251 e. The normalized spacial score (nSPS) is 10.2. The molecule has 0 saturated heterocycles.